The van der Waals surface area contributed by atoms with Crippen molar-refractivity contribution in [3.05, 3.63) is 35.6 Å². The zero-order valence-electron chi connectivity index (χ0n) is 11.7. The SMILES string of the molecule is OCC[C@H]1CN(CCO)CCN1Cc1ccc(F)cc1. The van der Waals surface area contributed by atoms with Crippen molar-refractivity contribution < 1.29 is 14.6 Å². The van der Waals surface area contributed by atoms with Gasteiger partial charge in [-0.2, -0.15) is 0 Å². The molecular weight excluding hydrogens is 259 g/mol. The van der Waals surface area contributed by atoms with Gasteiger partial charge in [0.2, 0.25) is 0 Å². The van der Waals surface area contributed by atoms with E-state index in [2.05, 4.69) is 9.80 Å². The lowest BCUT2D eigenvalue weighted by Gasteiger charge is -2.41. The summed E-state index contributed by atoms with van der Waals surface area (Å²) in [6, 6.07) is 6.87. The van der Waals surface area contributed by atoms with E-state index in [-0.39, 0.29) is 25.1 Å². The van der Waals surface area contributed by atoms with Gasteiger partial charge in [-0.25, -0.2) is 4.39 Å². The summed E-state index contributed by atoms with van der Waals surface area (Å²) in [5.41, 5.74) is 1.09. The van der Waals surface area contributed by atoms with Crippen LogP contribution in [0.1, 0.15) is 12.0 Å². The van der Waals surface area contributed by atoms with Gasteiger partial charge in [0.05, 0.1) is 6.61 Å². The molecule has 2 rings (SSSR count). The van der Waals surface area contributed by atoms with Crippen molar-refractivity contribution in [3.63, 3.8) is 0 Å². The Morgan fingerprint density at radius 3 is 2.50 bits per heavy atom. The molecule has 20 heavy (non-hydrogen) atoms. The molecule has 1 atom stereocenters. The Kier molecular flexibility index (Phi) is 5.91. The number of benzene rings is 1. The summed E-state index contributed by atoms with van der Waals surface area (Å²) < 4.78 is 12.9. The van der Waals surface area contributed by atoms with Gasteiger partial charge in [0.15, 0.2) is 0 Å². The molecule has 112 valence electrons. The third kappa shape index (κ3) is 4.24. The number of halogens is 1. The lowest BCUT2D eigenvalue weighted by Crippen LogP contribution is -2.53. The second-order valence-corrected chi connectivity index (χ2v) is 5.29. The van der Waals surface area contributed by atoms with Gasteiger partial charge in [-0.05, 0) is 24.1 Å². The zero-order valence-corrected chi connectivity index (χ0v) is 11.7. The van der Waals surface area contributed by atoms with Gasteiger partial charge in [0, 0.05) is 45.4 Å². The molecule has 0 bridgehead atoms. The molecule has 1 aromatic carbocycles. The number of piperazine rings is 1. The van der Waals surface area contributed by atoms with Gasteiger partial charge in [-0.1, -0.05) is 12.1 Å². The van der Waals surface area contributed by atoms with Crippen LogP contribution in [0, 0.1) is 5.82 Å². The number of aliphatic hydroxyl groups is 2. The van der Waals surface area contributed by atoms with Crippen LogP contribution in [0.2, 0.25) is 0 Å². The highest BCUT2D eigenvalue weighted by Gasteiger charge is 2.26. The number of aliphatic hydroxyl groups excluding tert-OH is 2. The summed E-state index contributed by atoms with van der Waals surface area (Å²) in [6.07, 6.45) is 0.725. The molecule has 1 aromatic rings. The molecule has 1 fully saturated rings. The molecule has 5 heteroatoms. The van der Waals surface area contributed by atoms with Crippen LogP contribution >= 0.6 is 0 Å². The van der Waals surface area contributed by atoms with E-state index in [1.54, 1.807) is 0 Å². The monoisotopic (exact) mass is 282 g/mol. The van der Waals surface area contributed by atoms with Crippen LogP contribution in [0.5, 0.6) is 0 Å². The van der Waals surface area contributed by atoms with Crippen LogP contribution in [-0.4, -0.2) is 65.4 Å². The Labute approximate surface area is 119 Å². The highest BCUT2D eigenvalue weighted by atomic mass is 19.1. The largest absolute Gasteiger partial charge is 0.396 e. The highest BCUT2D eigenvalue weighted by molar-refractivity contribution is 5.16. The first kappa shape index (κ1) is 15.4. The lowest BCUT2D eigenvalue weighted by molar-refractivity contribution is 0.0455. The average molecular weight is 282 g/mol. The standard InChI is InChI=1S/C15H23FN2O2/c16-14-3-1-13(2-4-14)11-18-7-6-17(8-10-20)12-15(18)5-9-19/h1-4,15,19-20H,5-12H2/t15-/m0/s1. The number of hydrogen-bond donors (Lipinski definition) is 2. The third-order valence-electron chi connectivity index (χ3n) is 3.87. The molecule has 1 heterocycles. The summed E-state index contributed by atoms with van der Waals surface area (Å²) in [6.45, 7) is 4.49. The van der Waals surface area contributed by atoms with Gasteiger partial charge >= 0.3 is 0 Å². The molecule has 1 saturated heterocycles. The molecule has 1 aliphatic rings. The molecule has 0 spiro atoms. The lowest BCUT2D eigenvalue weighted by atomic mass is 10.1. The molecule has 0 unspecified atom stereocenters. The predicted molar refractivity (Wildman–Crippen MR) is 75.8 cm³/mol. The van der Waals surface area contributed by atoms with Gasteiger partial charge in [-0.3, -0.25) is 9.80 Å². The van der Waals surface area contributed by atoms with E-state index in [1.165, 1.54) is 12.1 Å². The summed E-state index contributed by atoms with van der Waals surface area (Å²) in [4.78, 5) is 4.55. The smallest absolute Gasteiger partial charge is 0.123 e. The molecule has 0 radical (unpaired) electrons. The second-order valence-electron chi connectivity index (χ2n) is 5.29. The highest BCUT2D eigenvalue weighted by Crippen LogP contribution is 2.16. The van der Waals surface area contributed by atoms with Crippen LogP contribution in [0.25, 0.3) is 0 Å². The van der Waals surface area contributed by atoms with E-state index in [0.717, 1.165) is 38.2 Å². The van der Waals surface area contributed by atoms with E-state index in [1.807, 2.05) is 12.1 Å². The summed E-state index contributed by atoms with van der Waals surface area (Å²) >= 11 is 0. The van der Waals surface area contributed by atoms with E-state index in [4.69, 9.17) is 5.11 Å². The van der Waals surface area contributed by atoms with Gasteiger partial charge < -0.3 is 10.2 Å². The summed E-state index contributed by atoms with van der Waals surface area (Å²) in [7, 11) is 0. The zero-order chi connectivity index (χ0) is 14.4. The molecule has 1 aliphatic heterocycles. The maximum absolute atomic E-state index is 12.9. The maximum atomic E-state index is 12.9. The molecule has 0 amide bonds. The Morgan fingerprint density at radius 2 is 1.85 bits per heavy atom. The average Bonchev–Trinajstić information content (AvgIpc) is 2.45. The fourth-order valence-electron chi connectivity index (χ4n) is 2.76. The molecule has 4 nitrogen and oxygen atoms in total. The first-order chi connectivity index (χ1) is 9.72. The van der Waals surface area contributed by atoms with Crippen LogP contribution in [0.15, 0.2) is 24.3 Å². The fourth-order valence-corrected chi connectivity index (χ4v) is 2.76. The maximum Gasteiger partial charge on any atom is 0.123 e. The number of β-amino-alcohol motifs (C(OH)–C–C–N with tert-alkyl or cyclic N) is 1. The van der Waals surface area contributed by atoms with Crippen molar-refractivity contribution in [1.82, 2.24) is 9.80 Å². The predicted octanol–water partition coefficient (Wildman–Crippen LogP) is 0.687. The van der Waals surface area contributed by atoms with Gasteiger partial charge in [-0.15, -0.1) is 0 Å². The van der Waals surface area contributed by atoms with Crippen molar-refractivity contribution in [1.29, 1.82) is 0 Å². The Bertz CT molecular complexity index is 399. The molecular formula is C15H23FN2O2. The van der Waals surface area contributed by atoms with E-state index in [9.17, 15) is 9.50 Å². The second kappa shape index (κ2) is 7.69. The van der Waals surface area contributed by atoms with Crippen molar-refractivity contribution in [2.45, 2.75) is 19.0 Å². The number of rotatable bonds is 6. The third-order valence-corrected chi connectivity index (χ3v) is 3.87. The normalized spacial score (nSPS) is 21.2. The first-order valence-electron chi connectivity index (χ1n) is 7.15. The van der Waals surface area contributed by atoms with Crippen molar-refractivity contribution in [2.75, 3.05) is 39.4 Å². The molecule has 0 saturated carbocycles. The topological polar surface area (TPSA) is 46.9 Å². The fraction of sp³-hybridized carbons (Fsp3) is 0.600. The van der Waals surface area contributed by atoms with Crippen LogP contribution in [-0.2, 0) is 6.54 Å². The van der Waals surface area contributed by atoms with Crippen LogP contribution in [0.3, 0.4) is 0 Å². The molecule has 0 aliphatic carbocycles. The molecule has 2 N–H and O–H groups in total. The summed E-state index contributed by atoms with van der Waals surface area (Å²) in [5.74, 6) is -0.214. The van der Waals surface area contributed by atoms with Crippen LogP contribution < -0.4 is 0 Å². The van der Waals surface area contributed by atoms with Crippen molar-refractivity contribution in [3.8, 4) is 0 Å². The quantitative estimate of drug-likeness (QED) is 0.806. The van der Waals surface area contributed by atoms with Crippen molar-refractivity contribution >= 4 is 0 Å². The van der Waals surface area contributed by atoms with E-state index < -0.39 is 0 Å². The Morgan fingerprint density at radius 1 is 1.10 bits per heavy atom. The van der Waals surface area contributed by atoms with Gasteiger partial charge in [0.25, 0.3) is 0 Å². The Hall–Kier alpha value is -1.01. The Balaban J connectivity index is 1.96. The number of hydrogen-bond acceptors (Lipinski definition) is 4. The summed E-state index contributed by atoms with van der Waals surface area (Å²) in [5, 5.41) is 18.2. The minimum atomic E-state index is -0.214. The van der Waals surface area contributed by atoms with E-state index >= 15 is 0 Å². The van der Waals surface area contributed by atoms with E-state index in [0.29, 0.717) is 6.54 Å². The van der Waals surface area contributed by atoms with Gasteiger partial charge in [0.1, 0.15) is 5.82 Å². The minimum Gasteiger partial charge on any atom is -0.396 e. The minimum absolute atomic E-state index is 0.164. The van der Waals surface area contributed by atoms with Crippen molar-refractivity contribution in [2.24, 2.45) is 0 Å². The first-order valence-corrected chi connectivity index (χ1v) is 7.15. The molecule has 0 aromatic heterocycles. The number of nitrogens with zero attached hydrogens (tertiary/aromatic N) is 2. The van der Waals surface area contributed by atoms with Crippen LogP contribution in [0.4, 0.5) is 4.39 Å².